The molecule has 132 valence electrons. The zero-order valence-corrected chi connectivity index (χ0v) is 14.5. The van der Waals surface area contributed by atoms with E-state index in [1.165, 1.54) is 0 Å². The molecule has 3 amide bonds. The first-order valence-electron chi connectivity index (χ1n) is 8.59. The Hall–Kier alpha value is -2.66. The van der Waals surface area contributed by atoms with Gasteiger partial charge in [0.2, 0.25) is 5.91 Å². The Bertz CT molecular complexity index is 659. The van der Waals surface area contributed by atoms with E-state index in [9.17, 15) is 9.59 Å². The van der Waals surface area contributed by atoms with Crippen molar-refractivity contribution in [1.82, 2.24) is 16.0 Å². The molecule has 0 aliphatic rings. The fourth-order valence-corrected chi connectivity index (χ4v) is 2.57. The Morgan fingerprint density at radius 2 is 1.60 bits per heavy atom. The first kappa shape index (κ1) is 18.7. The molecule has 0 saturated heterocycles. The summed E-state index contributed by atoms with van der Waals surface area (Å²) in [7, 11) is 0. The molecular weight excluding hydrogens is 314 g/mol. The summed E-state index contributed by atoms with van der Waals surface area (Å²) in [4.78, 5) is 23.8. The van der Waals surface area contributed by atoms with Crippen molar-refractivity contribution >= 4 is 11.9 Å². The highest BCUT2D eigenvalue weighted by molar-refractivity contribution is 5.95. The molecule has 25 heavy (non-hydrogen) atoms. The molecule has 0 aliphatic carbocycles. The molecule has 0 spiro atoms. The average molecular weight is 339 g/mol. The second-order valence-electron chi connectivity index (χ2n) is 5.85. The van der Waals surface area contributed by atoms with Crippen LogP contribution in [0.4, 0.5) is 4.79 Å². The van der Waals surface area contributed by atoms with Gasteiger partial charge in [0.05, 0.1) is 6.54 Å². The maximum absolute atomic E-state index is 12.0. The van der Waals surface area contributed by atoms with Crippen LogP contribution in [-0.2, 0) is 11.3 Å². The highest BCUT2D eigenvalue weighted by Gasteiger charge is 2.13. The van der Waals surface area contributed by atoms with Crippen LogP contribution in [-0.4, -0.2) is 18.5 Å². The van der Waals surface area contributed by atoms with Crippen LogP contribution in [0.5, 0.6) is 0 Å². The molecule has 1 atom stereocenters. The van der Waals surface area contributed by atoms with Crippen molar-refractivity contribution < 1.29 is 9.59 Å². The van der Waals surface area contributed by atoms with E-state index >= 15 is 0 Å². The van der Waals surface area contributed by atoms with Gasteiger partial charge in [0, 0.05) is 12.6 Å². The molecule has 0 aliphatic heterocycles. The van der Waals surface area contributed by atoms with E-state index in [1.807, 2.05) is 60.7 Å². The molecule has 3 N–H and O–H groups in total. The maximum atomic E-state index is 12.0. The second kappa shape index (κ2) is 10.3. The Kier molecular flexibility index (Phi) is 7.66. The van der Waals surface area contributed by atoms with Gasteiger partial charge in [-0.2, -0.15) is 0 Å². The fraction of sp³-hybridized carbons (Fsp3) is 0.300. The summed E-state index contributed by atoms with van der Waals surface area (Å²) in [5.74, 6) is -0.345. The largest absolute Gasteiger partial charge is 0.334 e. The van der Waals surface area contributed by atoms with E-state index in [0.717, 1.165) is 24.0 Å². The summed E-state index contributed by atoms with van der Waals surface area (Å²) in [6, 6.07) is 19.2. The summed E-state index contributed by atoms with van der Waals surface area (Å²) < 4.78 is 0. The molecule has 0 radical (unpaired) electrons. The lowest BCUT2D eigenvalue weighted by Crippen LogP contribution is -2.43. The number of urea groups is 1. The van der Waals surface area contributed by atoms with Gasteiger partial charge in [-0.25, -0.2) is 4.79 Å². The lowest BCUT2D eigenvalue weighted by atomic mass is 10.0. The van der Waals surface area contributed by atoms with Crippen LogP contribution < -0.4 is 16.0 Å². The van der Waals surface area contributed by atoms with E-state index in [1.54, 1.807) is 0 Å². The van der Waals surface area contributed by atoms with E-state index in [4.69, 9.17) is 0 Å². The number of benzene rings is 2. The van der Waals surface area contributed by atoms with Crippen LogP contribution in [0.3, 0.4) is 0 Å². The molecule has 2 rings (SSSR count). The number of nitrogens with one attached hydrogen (secondary N) is 3. The summed E-state index contributed by atoms with van der Waals surface area (Å²) >= 11 is 0. The monoisotopic (exact) mass is 339 g/mol. The molecule has 0 heterocycles. The van der Waals surface area contributed by atoms with Crippen LogP contribution in [0.15, 0.2) is 60.7 Å². The lowest BCUT2D eigenvalue weighted by molar-refractivity contribution is -0.119. The number of imide groups is 1. The van der Waals surface area contributed by atoms with Crippen LogP contribution >= 0.6 is 0 Å². The molecule has 1 unspecified atom stereocenters. The predicted octanol–water partition coefficient (Wildman–Crippen LogP) is 3.14. The standard InChI is InChI=1S/C20H25N3O2/c1-2-9-18(17-12-7-4-8-13-17)21-15-19(24)23-20(25)22-14-16-10-5-3-6-11-16/h3-8,10-13,18,21H,2,9,14-15H2,1H3,(H2,22,23,24,25). The lowest BCUT2D eigenvalue weighted by Gasteiger charge is -2.18. The zero-order chi connectivity index (χ0) is 17.9. The second-order valence-corrected chi connectivity index (χ2v) is 5.85. The number of carbonyl (C=O) groups is 2. The minimum absolute atomic E-state index is 0.0956. The van der Waals surface area contributed by atoms with Gasteiger partial charge >= 0.3 is 6.03 Å². The topological polar surface area (TPSA) is 70.2 Å². The third-order valence-electron chi connectivity index (χ3n) is 3.84. The molecular formula is C20H25N3O2. The van der Waals surface area contributed by atoms with Gasteiger partial charge < -0.3 is 10.6 Å². The van der Waals surface area contributed by atoms with Crippen molar-refractivity contribution in [2.75, 3.05) is 6.54 Å². The summed E-state index contributed by atoms with van der Waals surface area (Å²) in [5, 5.41) is 8.25. The van der Waals surface area contributed by atoms with Gasteiger partial charge in [0.25, 0.3) is 0 Å². The smallest absolute Gasteiger partial charge is 0.321 e. The normalized spacial score (nSPS) is 11.6. The zero-order valence-electron chi connectivity index (χ0n) is 14.5. The Morgan fingerprint density at radius 3 is 2.24 bits per heavy atom. The molecule has 5 nitrogen and oxygen atoms in total. The van der Waals surface area contributed by atoms with Crippen molar-refractivity contribution in [3.05, 3.63) is 71.8 Å². The molecule has 2 aromatic carbocycles. The van der Waals surface area contributed by atoms with Crippen molar-refractivity contribution in [2.45, 2.75) is 32.4 Å². The third-order valence-corrected chi connectivity index (χ3v) is 3.84. The highest BCUT2D eigenvalue weighted by atomic mass is 16.2. The SMILES string of the molecule is CCCC(NCC(=O)NC(=O)NCc1ccccc1)c1ccccc1. The number of hydrogen-bond donors (Lipinski definition) is 3. The van der Waals surface area contributed by atoms with Crippen molar-refractivity contribution in [1.29, 1.82) is 0 Å². The van der Waals surface area contributed by atoms with Crippen molar-refractivity contribution in [3.63, 3.8) is 0 Å². The van der Waals surface area contributed by atoms with E-state index in [2.05, 4.69) is 22.9 Å². The van der Waals surface area contributed by atoms with Crippen LogP contribution in [0.1, 0.15) is 36.9 Å². The van der Waals surface area contributed by atoms with Gasteiger partial charge in [-0.05, 0) is 17.5 Å². The number of hydrogen-bond acceptors (Lipinski definition) is 3. The van der Waals surface area contributed by atoms with E-state index in [0.29, 0.717) is 6.54 Å². The average Bonchev–Trinajstić information content (AvgIpc) is 2.65. The van der Waals surface area contributed by atoms with Crippen LogP contribution in [0.2, 0.25) is 0 Å². The quantitative estimate of drug-likeness (QED) is 0.692. The molecule has 0 fully saturated rings. The first-order chi connectivity index (χ1) is 12.2. The molecule has 2 aromatic rings. The van der Waals surface area contributed by atoms with Gasteiger partial charge in [-0.3, -0.25) is 10.1 Å². The fourth-order valence-electron chi connectivity index (χ4n) is 2.57. The Labute approximate surface area is 148 Å². The number of amides is 3. The number of rotatable bonds is 8. The Morgan fingerprint density at radius 1 is 0.960 bits per heavy atom. The molecule has 5 heteroatoms. The van der Waals surface area contributed by atoms with E-state index in [-0.39, 0.29) is 18.5 Å². The van der Waals surface area contributed by atoms with Gasteiger partial charge in [0.1, 0.15) is 0 Å². The van der Waals surface area contributed by atoms with Gasteiger partial charge in [-0.15, -0.1) is 0 Å². The van der Waals surface area contributed by atoms with Gasteiger partial charge in [0.15, 0.2) is 0 Å². The minimum Gasteiger partial charge on any atom is -0.334 e. The summed E-state index contributed by atoms with van der Waals surface area (Å²) in [6.07, 6.45) is 1.93. The van der Waals surface area contributed by atoms with Crippen molar-refractivity contribution in [3.8, 4) is 0 Å². The van der Waals surface area contributed by atoms with Crippen molar-refractivity contribution in [2.24, 2.45) is 0 Å². The van der Waals surface area contributed by atoms with Crippen LogP contribution in [0, 0.1) is 0 Å². The Balaban J connectivity index is 1.75. The molecule has 0 bridgehead atoms. The summed E-state index contributed by atoms with van der Waals surface area (Å²) in [5.41, 5.74) is 2.13. The third kappa shape index (κ3) is 6.77. The summed E-state index contributed by atoms with van der Waals surface area (Å²) in [6.45, 7) is 2.59. The predicted molar refractivity (Wildman–Crippen MR) is 98.9 cm³/mol. The highest BCUT2D eigenvalue weighted by Crippen LogP contribution is 2.17. The van der Waals surface area contributed by atoms with E-state index < -0.39 is 6.03 Å². The van der Waals surface area contributed by atoms with Crippen LogP contribution in [0.25, 0.3) is 0 Å². The molecule has 0 saturated carbocycles. The first-order valence-corrected chi connectivity index (χ1v) is 8.59. The maximum Gasteiger partial charge on any atom is 0.321 e. The van der Waals surface area contributed by atoms with Gasteiger partial charge in [-0.1, -0.05) is 74.0 Å². The number of carbonyl (C=O) groups excluding carboxylic acids is 2. The molecule has 0 aromatic heterocycles. The minimum atomic E-state index is -0.484.